The first kappa shape index (κ1) is 47.9. The molecule has 0 aliphatic carbocycles. The molecule has 4 rings (SSSR count). The summed E-state index contributed by atoms with van der Waals surface area (Å²) in [6.45, 7) is 1.03. The van der Waals surface area contributed by atoms with E-state index < -0.39 is 59.7 Å². The van der Waals surface area contributed by atoms with Gasteiger partial charge in [0.1, 0.15) is 19.8 Å². The molecule has 12 nitrogen and oxygen atoms in total. The van der Waals surface area contributed by atoms with Gasteiger partial charge in [-0.1, -0.05) is 46.4 Å². The van der Waals surface area contributed by atoms with Gasteiger partial charge < -0.3 is 35.6 Å². The molecule has 0 aromatic heterocycles. The summed E-state index contributed by atoms with van der Waals surface area (Å²) < 4.78 is 89.6. The Bertz CT molecular complexity index is 2210. The largest absolute Gasteiger partial charge is 0.486 e. The molecule has 3 amide bonds. The number of carboxylic acid groups (broad SMARTS) is 2. The topological polar surface area (TPSA) is 180 Å². The predicted octanol–water partition coefficient (Wildman–Crippen LogP) is 9.54. The Hall–Kier alpha value is -5.43. The maximum absolute atomic E-state index is 13.1. The molecule has 0 saturated carbocycles. The molecule has 0 fully saturated rings. The minimum atomic E-state index is -4.65. The fourth-order valence-corrected chi connectivity index (χ4v) is 6.09. The van der Waals surface area contributed by atoms with Crippen LogP contribution in [0.2, 0.25) is 20.1 Å². The number of carbonyl (C=O) groups is 5. The van der Waals surface area contributed by atoms with E-state index in [1.807, 2.05) is 0 Å². The van der Waals surface area contributed by atoms with Crippen LogP contribution < -0.4 is 25.4 Å². The summed E-state index contributed by atoms with van der Waals surface area (Å²) in [5, 5.41) is 24.0. The molecule has 0 saturated heterocycles. The molecule has 0 heterocycles. The molecule has 0 radical (unpaired) electrons. The van der Waals surface area contributed by atoms with Gasteiger partial charge in [0.05, 0.1) is 37.6 Å². The number of halogens is 10. The summed E-state index contributed by atoms with van der Waals surface area (Å²) in [6.07, 6.45) is -9.56. The highest BCUT2D eigenvalue weighted by molar-refractivity contribution is 6.38. The monoisotopic (exact) mass is 913 g/mol. The van der Waals surface area contributed by atoms with E-state index in [9.17, 15) is 50.3 Å². The summed E-state index contributed by atoms with van der Waals surface area (Å²) >= 11 is 24.2. The van der Waals surface area contributed by atoms with E-state index in [4.69, 9.17) is 66.1 Å². The number of hydrogen-bond donors (Lipinski definition) is 5. The standard InChI is InChI=1S/C19H15Cl2F3N2O5.C18H14Cl2F3NO4/c1-9(27)26-13-3-10(2-12(6-13)19(22,23)24)8-31-17-14(20)4-11(5-15(17)21)18(30)25-7-16(28)29;1-9(25)24-13-3-11(2-12(7-13)18(21,22)23)8-28-17-14(19)4-10(5-15(17)20)6-16(26)27/h2-6H,7-8H2,1H3,(H,25,30)(H,26,27)(H,28,29);2-5,7H,6,8H2,1H3,(H,24,25)(H,26,27). The van der Waals surface area contributed by atoms with E-state index in [1.54, 1.807) is 0 Å². The van der Waals surface area contributed by atoms with Crippen molar-refractivity contribution in [3.8, 4) is 11.5 Å². The molecule has 4 aromatic rings. The number of carboxylic acids is 2. The van der Waals surface area contributed by atoms with E-state index in [0.29, 0.717) is 5.56 Å². The van der Waals surface area contributed by atoms with E-state index in [-0.39, 0.29) is 79.3 Å². The highest BCUT2D eigenvalue weighted by atomic mass is 35.5. The van der Waals surface area contributed by atoms with Crippen molar-refractivity contribution in [2.75, 3.05) is 17.2 Å². The maximum Gasteiger partial charge on any atom is 0.416 e. The van der Waals surface area contributed by atoms with Crippen LogP contribution in [-0.4, -0.2) is 46.4 Å². The molecule has 0 unspecified atom stereocenters. The van der Waals surface area contributed by atoms with Gasteiger partial charge in [-0.3, -0.25) is 24.0 Å². The van der Waals surface area contributed by atoms with Crippen LogP contribution in [0.3, 0.4) is 0 Å². The number of amides is 3. The highest BCUT2D eigenvalue weighted by Crippen LogP contribution is 2.38. The van der Waals surface area contributed by atoms with Gasteiger partial charge in [0.25, 0.3) is 5.91 Å². The van der Waals surface area contributed by atoms with Crippen LogP contribution in [0.4, 0.5) is 37.7 Å². The number of rotatable bonds is 13. The molecule has 59 heavy (non-hydrogen) atoms. The maximum atomic E-state index is 13.1. The molecule has 0 aliphatic heterocycles. The second kappa shape index (κ2) is 20.5. The third-order valence-electron chi connectivity index (χ3n) is 7.12. The number of ether oxygens (including phenoxy) is 2. The number of aliphatic carboxylic acids is 2. The Kier molecular flexibility index (Phi) is 16.7. The molecule has 0 bridgehead atoms. The summed E-state index contributed by atoms with van der Waals surface area (Å²) in [7, 11) is 0. The number of carbonyl (C=O) groups excluding carboxylic acids is 3. The van der Waals surface area contributed by atoms with Crippen LogP contribution in [0, 0.1) is 0 Å². The number of hydrogen-bond acceptors (Lipinski definition) is 7. The van der Waals surface area contributed by atoms with Crippen LogP contribution in [0.25, 0.3) is 0 Å². The Morgan fingerprint density at radius 1 is 0.576 bits per heavy atom. The highest BCUT2D eigenvalue weighted by Gasteiger charge is 2.32. The van der Waals surface area contributed by atoms with Crippen molar-refractivity contribution in [3.05, 3.63) is 114 Å². The average molecular weight is 915 g/mol. The Balaban J connectivity index is 0.000000317. The van der Waals surface area contributed by atoms with Crippen molar-refractivity contribution in [2.24, 2.45) is 0 Å². The van der Waals surface area contributed by atoms with Gasteiger partial charge in [-0.05, 0) is 77.4 Å². The smallest absolute Gasteiger partial charge is 0.416 e. The first-order chi connectivity index (χ1) is 27.3. The lowest BCUT2D eigenvalue weighted by atomic mass is 10.1. The van der Waals surface area contributed by atoms with E-state index in [2.05, 4.69) is 16.0 Å². The van der Waals surface area contributed by atoms with Gasteiger partial charge in [-0.15, -0.1) is 0 Å². The zero-order valence-electron chi connectivity index (χ0n) is 30.1. The number of alkyl halides is 6. The van der Waals surface area contributed by atoms with Gasteiger partial charge in [0, 0.05) is 30.8 Å². The Labute approximate surface area is 350 Å². The quantitative estimate of drug-likeness (QED) is 0.0817. The third-order valence-corrected chi connectivity index (χ3v) is 8.24. The zero-order valence-corrected chi connectivity index (χ0v) is 33.2. The van der Waals surface area contributed by atoms with Crippen LogP contribution in [0.1, 0.15) is 52.0 Å². The van der Waals surface area contributed by atoms with Gasteiger partial charge in [-0.2, -0.15) is 26.3 Å². The van der Waals surface area contributed by atoms with Crippen molar-refractivity contribution in [3.63, 3.8) is 0 Å². The summed E-state index contributed by atoms with van der Waals surface area (Å²) in [5.74, 6) is -4.20. The van der Waals surface area contributed by atoms with Crippen molar-refractivity contribution >= 4 is 87.4 Å². The van der Waals surface area contributed by atoms with E-state index >= 15 is 0 Å². The molecular weight excluding hydrogens is 886 g/mol. The van der Waals surface area contributed by atoms with E-state index in [0.717, 1.165) is 31.2 Å². The number of benzene rings is 4. The van der Waals surface area contributed by atoms with Gasteiger partial charge in [0.15, 0.2) is 11.5 Å². The third kappa shape index (κ3) is 15.4. The molecule has 0 spiro atoms. The Morgan fingerprint density at radius 3 is 1.31 bits per heavy atom. The molecule has 4 aromatic carbocycles. The van der Waals surface area contributed by atoms with Crippen molar-refractivity contribution in [1.82, 2.24) is 5.32 Å². The first-order valence-electron chi connectivity index (χ1n) is 16.2. The van der Waals surface area contributed by atoms with Crippen molar-refractivity contribution in [2.45, 2.75) is 45.8 Å². The Morgan fingerprint density at radius 2 is 0.966 bits per heavy atom. The molecular formula is C37H29Cl4F6N3O9. The summed E-state index contributed by atoms with van der Waals surface area (Å²) in [6, 6.07) is 11.0. The van der Waals surface area contributed by atoms with Crippen LogP contribution in [0.5, 0.6) is 11.5 Å². The lowest BCUT2D eigenvalue weighted by molar-refractivity contribution is -0.138. The molecule has 22 heteroatoms. The fourth-order valence-electron chi connectivity index (χ4n) is 4.85. The lowest BCUT2D eigenvalue weighted by Crippen LogP contribution is -2.29. The molecule has 5 N–H and O–H groups in total. The minimum Gasteiger partial charge on any atom is -0.486 e. The number of nitrogens with one attached hydrogen (secondary N) is 3. The normalized spacial score (nSPS) is 11.1. The summed E-state index contributed by atoms with van der Waals surface area (Å²) in [4.78, 5) is 55.6. The molecule has 316 valence electrons. The number of anilines is 2. The van der Waals surface area contributed by atoms with Crippen molar-refractivity contribution in [1.29, 1.82) is 0 Å². The first-order valence-corrected chi connectivity index (χ1v) is 17.7. The molecule has 0 atom stereocenters. The van der Waals surface area contributed by atoms with Gasteiger partial charge in [-0.25, -0.2) is 0 Å². The van der Waals surface area contributed by atoms with Gasteiger partial charge >= 0.3 is 24.3 Å². The van der Waals surface area contributed by atoms with Gasteiger partial charge in [0.2, 0.25) is 11.8 Å². The van der Waals surface area contributed by atoms with E-state index in [1.165, 1.54) is 43.3 Å². The summed E-state index contributed by atoms with van der Waals surface area (Å²) in [5.41, 5.74) is -1.52. The minimum absolute atomic E-state index is 0.0101. The second-order valence-corrected chi connectivity index (χ2v) is 13.7. The SMILES string of the molecule is CC(=O)Nc1cc(COc2c(Cl)cc(C(=O)NCC(=O)O)cc2Cl)cc(C(F)(F)F)c1.CC(=O)Nc1cc(COc2c(Cl)cc(CC(=O)O)cc2Cl)cc(C(F)(F)F)c1. The van der Waals surface area contributed by atoms with Crippen LogP contribution >= 0.6 is 46.4 Å². The fraction of sp³-hybridized carbons (Fsp3) is 0.216. The average Bonchev–Trinajstić information content (AvgIpc) is 3.08. The zero-order chi connectivity index (χ0) is 44.4. The van der Waals surface area contributed by atoms with Crippen LogP contribution in [0.15, 0.2) is 60.7 Å². The van der Waals surface area contributed by atoms with Crippen LogP contribution in [-0.2, 0) is 51.2 Å². The lowest BCUT2D eigenvalue weighted by Gasteiger charge is -2.15. The predicted molar refractivity (Wildman–Crippen MR) is 204 cm³/mol. The second-order valence-electron chi connectivity index (χ2n) is 12.1. The molecule has 0 aliphatic rings. The van der Waals surface area contributed by atoms with Crippen molar-refractivity contribution < 1.29 is 70.0 Å².